The molecule has 3 N–H and O–H groups in total. The Morgan fingerprint density at radius 3 is 2.15 bits per heavy atom. The van der Waals surface area contributed by atoms with E-state index in [0.717, 1.165) is 12.1 Å². The molecule has 0 aliphatic heterocycles. The van der Waals surface area contributed by atoms with Crippen molar-refractivity contribution in [3.8, 4) is 11.5 Å². The van der Waals surface area contributed by atoms with Gasteiger partial charge in [0.05, 0.1) is 5.60 Å². The minimum absolute atomic E-state index is 0.0893. The van der Waals surface area contributed by atoms with Crippen LogP contribution in [-0.2, 0) is 5.60 Å². The summed E-state index contributed by atoms with van der Waals surface area (Å²) < 4.78 is 12.7. The summed E-state index contributed by atoms with van der Waals surface area (Å²) in [5, 5.41) is 27.7. The third-order valence-electron chi connectivity index (χ3n) is 1.72. The SMILES string of the molecule is CC(C)(O)c1cc(O)c(F)cc1O. The molecule has 0 aliphatic rings. The van der Waals surface area contributed by atoms with Crippen LogP contribution in [0.5, 0.6) is 11.5 Å². The van der Waals surface area contributed by atoms with E-state index < -0.39 is 17.2 Å². The molecule has 0 radical (unpaired) electrons. The first-order chi connectivity index (χ1) is 5.82. The Bertz CT molecular complexity index is 328. The van der Waals surface area contributed by atoms with Gasteiger partial charge in [0.2, 0.25) is 0 Å². The Labute approximate surface area is 75.1 Å². The monoisotopic (exact) mass is 186 g/mol. The van der Waals surface area contributed by atoms with E-state index in [9.17, 15) is 14.6 Å². The molecule has 0 saturated heterocycles. The first-order valence-electron chi connectivity index (χ1n) is 3.76. The van der Waals surface area contributed by atoms with Gasteiger partial charge in [0.1, 0.15) is 5.75 Å². The van der Waals surface area contributed by atoms with Crippen LogP contribution in [0.25, 0.3) is 0 Å². The van der Waals surface area contributed by atoms with E-state index in [0.29, 0.717) is 0 Å². The van der Waals surface area contributed by atoms with Crippen molar-refractivity contribution >= 4 is 0 Å². The Morgan fingerprint density at radius 2 is 1.69 bits per heavy atom. The normalized spacial score (nSPS) is 11.7. The van der Waals surface area contributed by atoms with E-state index in [4.69, 9.17) is 5.11 Å². The second-order valence-electron chi connectivity index (χ2n) is 3.38. The Morgan fingerprint density at radius 1 is 1.15 bits per heavy atom. The number of aliphatic hydroxyl groups is 1. The van der Waals surface area contributed by atoms with Gasteiger partial charge in [0.15, 0.2) is 11.6 Å². The molecule has 0 amide bonds. The quantitative estimate of drug-likeness (QED) is 0.582. The number of aromatic hydroxyl groups is 2. The molecule has 72 valence electrons. The molecule has 0 spiro atoms. The Balaban J connectivity index is 3.32. The predicted molar refractivity (Wildman–Crippen MR) is 45.0 cm³/mol. The standard InChI is InChI=1S/C9H11FO3/c1-9(2,13)5-3-8(12)6(10)4-7(5)11/h3-4,11-13H,1-2H3. The van der Waals surface area contributed by atoms with Crippen LogP contribution >= 0.6 is 0 Å². The fourth-order valence-corrected chi connectivity index (χ4v) is 1.04. The van der Waals surface area contributed by atoms with Crippen molar-refractivity contribution in [1.29, 1.82) is 0 Å². The topological polar surface area (TPSA) is 60.7 Å². The lowest BCUT2D eigenvalue weighted by atomic mass is 9.97. The van der Waals surface area contributed by atoms with Gasteiger partial charge < -0.3 is 15.3 Å². The number of hydrogen-bond donors (Lipinski definition) is 3. The highest BCUT2D eigenvalue weighted by Gasteiger charge is 2.22. The summed E-state index contributed by atoms with van der Waals surface area (Å²) in [5.74, 6) is -1.87. The number of benzene rings is 1. The van der Waals surface area contributed by atoms with Crippen molar-refractivity contribution in [2.75, 3.05) is 0 Å². The first kappa shape index (κ1) is 9.80. The van der Waals surface area contributed by atoms with Crippen molar-refractivity contribution in [2.24, 2.45) is 0 Å². The lowest BCUT2D eigenvalue weighted by Gasteiger charge is -2.19. The highest BCUT2D eigenvalue weighted by molar-refractivity contribution is 5.42. The van der Waals surface area contributed by atoms with Crippen LogP contribution in [0.15, 0.2) is 12.1 Å². The summed E-state index contributed by atoms with van der Waals surface area (Å²) in [7, 11) is 0. The van der Waals surface area contributed by atoms with Gasteiger partial charge in [-0.2, -0.15) is 0 Å². The van der Waals surface area contributed by atoms with Crippen LogP contribution in [-0.4, -0.2) is 15.3 Å². The molecule has 1 aromatic rings. The third kappa shape index (κ3) is 1.89. The van der Waals surface area contributed by atoms with E-state index >= 15 is 0 Å². The van der Waals surface area contributed by atoms with Crippen molar-refractivity contribution in [1.82, 2.24) is 0 Å². The first-order valence-corrected chi connectivity index (χ1v) is 3.76. The molecule has 13 heavy (non-hydrogen) atoms. The molecule has 0 unspecified atom stereocenters. The Hall–Kier alpha value is -1.29. The van der Waals surface area contributed by atoms with E-state index in [2.05, 4.69) is 0 Å². The highest BCUT2D eigenvalue weighted by atomic mass is 19.1. The minimum atomic E-state index is -1.31. The second-order valence-corrected chi connectivity index (χ2v) is 3.38. The molecule has 4 heteroatoms. The zero-order valence-electron chi connectivity index (χ0n) is 7.37. The van der Waals surface area contributed by atoms with Gasteiger partial charge in [-0.05, 0) is 19.9 Å². The number of phenols is 2. The number of halogens is 1. The van der Waals surface area contributed by atoms with Gasteiger partial charge in [-0.3, -0.25) is 0 Å². The minimum Gasteiger partial charge on any atom is -0.507 e. The van der Waals surface area contributed by atoms with Gasteiger partial charge in [-0.15, -0.1) is 0 Å². The van der Waals surface area contributed by atoms with Gasteiger partial charge >= 0.3 is 0 Å². The molecule has 0 heterocycles. The van der Waals surface area contributed by atoms with Gasteiger partial charge in [0, 0.05) is 11.6 Å². The lowest BCUT2D eigenvalue weighted by molar-refractivity contribution is 0.0754. The van der Waals surface area contributed by atoms with Gasteiger partial charge in [-0.25, -0.2) is 4.39 Å². The summed E-state index contributed by atoms with van der Waals surface area (Å²) in [6.45, 7) is 2.86. The van der Waals surface area contributed by atoms with E-state index in [1.807, 2.05) is 0 Å². The molecule has 0 aromatic heterocycles. The molecule has 0 saturated carbocycles. The average molecular weight is 186 g/mol. The molecular formula is C9H11FO3. The molecule has 1 rings (SSSR count). The third-order valence-corrected chi connectivity index (χ3v) is 1.72. The largest absolute Gasteiger partial charge is 0.507 e. The maximum Gasteiger partial charge on any atom is 0.168 e. The number of phenolic OH excluding ortho intramolecular Hbond substituents is 2. The molecule has 0 atom stereocenters. The maximum atomic E-state index is 12.7. The van der Waals surface area contributed by atoms with Gasteiger partial charge in [0.25, 0.3) is 0 Å². The molecule has 1 aromatic carbocycles. The summed E-state index contributed by atoms with van der Waals surface area (Å²) in [4.78, 5) is 0. The maximum absolute atomic E-state index is 12.7. The zero-order valence-corrected chi connectivity index (χ0v) is 7.37. The molecule has 0 bridgehead atoms. The highest BCUT2D eigenvalue weighted by Crippen LogP contribution is 2.33. The number of hydrogen-bond acceptors (Lipinski definition) is 3. The van der Waals surface area contributed by atoms with E-state index in [1.54, 1.807) is 0 Å². The van der Waals surface area contributed by atoms with Crippen molar-refractivity contribution in [3.63, 3.8) is 0 Å². The molecule has 0 aliphatic carbocycles. The fourth-order valence-electron chi connectivity index (χ4n) is 1.04. The summed E-state index contributed by atoms with van der Waals surface area (Å²) in [6, 6.07) is 1.77. The summed E-state index contributed by atoms with van der Waals surface area (Å²) in [5.41, 5.74) is -1.22. The smallest absolute Gasteiger partial charge is 0.168 e. The van der Waals surface area contributed by atoms with Crippen LogP contribution in [0.4, 0.5) is 4.39 Å². The van der Waals surface area contributed by atoms with Crippen LogP contribution in [0.3, 0.4) is 0 Å². The van der Waals surface area contributed by atoms with E-state index in [-0.39, 0.29) is 11.3 Å². The van der Waals surface area contributed by atoms with E-state index in [1.165, 1.54) is 13.8 Å². The predicted octanol–water partition coefficient (Wildman–Crippen LogP) is 1.46. The lowest BCUT2D eigenvalue weighted by Crippen LogP contribution is -2.15. The van der Waals surface area contributed by atoms with Crippen molar-refractivity contribution in [3.05, 3.63) is 23.5 Å². The Kier molecular flexibility index (Phi) is 2.17. The van der Waals surface area contributed by atoms with Crippen molar-refractivity contribution < 1.29 is 19.7 Å². The van der Waals surface area contributed by atoms with Crippen molar-refractivity contribution in [2.45, 2.75) is 19.4 Å². The zero-order chi connectivity index (χ0) is 10.2. The van der Waals surface area contributed by atoms with Crippen LogP contribution in [0.1, 0.15) is 19.4 Å². The van der Waals surface area contributed by atoms with Crippen LogP contribution in [0.2, 0.25) is 0 Å². The second kappa shape index (κ2) is 2.88. The molecular weight excluding hydrogens is 175 g/mol. The van der Waals surface area contributed by atoms with Gasteiger partial charge in [-0.1, -0.05) is 0 Å². The van der Waals surface area contributed by atoms with Crippen LogP contribution < -0.4 is 0 Å². The number of rotatable bonds is 1. The fraction of sp³-hybridized carbons (Fsp3) is 0.333. The van der Waals surface area contributed by atoms with Crippen LogP contribution in [0, 0.1) is 5.82 Å². The summed E-state index contributed by atoms with van der Waals surface area (Å²) >= 11 is 0. The molecule has 3 nitrogen and oxygen atoms in total. The summed E-state index contributed by atoms with van der Waals surface area (Å²) in [6.07, 6.45) is 0. The average Bonchev–Trinajstić information content (AvgIpc) is 1.94. The molecule has 0 fully saturated rings.